The Bertz CT molecular complexity index is 1370. The van der Waals surface area contributed by atoms with E-state index in [1.807, 2.05) is 12.1 Å². The molecule has 1 N–H and O–H groups in total. The Hall–Kier alpha value is -2.91. The van der Waals surface area contributed by atoms with Gasteiger partial charge in [0.15, 0.2) is 0 Å². The van der Waals surface area contributed by atoms with E-state index < -0.39 is 23.6 Å². The molecule has 0 atom stereocenters. The lowest BCUT2D eigenvalue weighted by Crippen LogP contribution is -2.41. The molecular formula is C18H12BrClN4O4. The first kappa shape index (κ1) is 18.5. The van der Waals surface area contributed by atoms with Gasteiger partial charge in [-0.25, -0.2) is 9.08 Å². The topological polar surface area (TPSA) is 98.6 Å². The highest BCUT2D eigenvalue weighted by molar-refractivity contribution is 9.10. The third kappa shape index (κ3) is 3.02. The molecule has 0 saturated carbocycles. The van der Waals surface area contributed by atoms with Gasteiger partial charge in [-0.3, -0.25) is 14.4 Å². The summed E-state index contributed by atoms with van der Waals surface area (Å²) in [5.41, 5.74) is 0.0901. The molecule has 0 aliphatic carbocycles. The molecule has 0 amide bonds. The number of para-hydroxylation sites is 2. The summed E-state index contributed by atoms with van der Waals surface area (Å²) in [6.07, 6.45) is 0. The van der Waals surface area contributed by atoms with Crippen LogP contribution in [0.3, 0.4) is 0 Å². The van der Waals surface area contributed by atoms with Crippen molar-refractivity contribution < 1.29 is 9.90 Å². The number of hydrogen-bond donors (Lipinski definition) is 1. The van der Waals surface area contributed by atoms with E-state index >= 15 is 0 Å². The molecule has 0 radical (unpaired) electrons. The quantitative estimate of drug-likeness (QED) is 0.469. The van der Waals surface area contributed by atoms with Crippen LogP contribution in [0.1, 0.15) is 5.56 Å². The third-order valence-corrected chi connectivity index (χ3v) is 5.16. The number of rotatable bonds is 4. The zero-order chi connectivity index (χ0) is 20.0. The van der Waals surface area contributed by atoms with Crippen LogP contribution >= 0.6 is 27.5 Å². The van der Waals surface area contributed by atoms with Crippen molar-refractivity contribution in [3.8, 4) is 0 Å². The van der Waals surface area contributed by atoms with E-state index in [0.717, 1.165) is 10.0 Å². The molecule has 4 rings (SSSR count). The number of halogens is 2. The van der Waals surface area contributed by atoms with Crippen LogP contribution in [0.4, 0.5) is 0 Å². The van der Waals surface area contributed by atoms with Crippen LogP contribution in [0.25, 0.3) is 16.8 Å². The van der Waals surface area contributed by atoms with E-state index in [1.165, 1.54) is 4.40 Å². The van der Waals surface area contributed by atoms with Crippen LogP contribution in [0.2, 0.25) is 5.02 Å². The number of hydrogen-bond acceptors (Lipinski definition) is 4. The average molecular weight is 464 g/mol. The van der Waals surface area contributed by atoms with E-state index in [-0.39, 0.29) is 12.3 Å². The van der Waals surface area contributed by atoms with Gasteiger partial charge < -0.3 is 9.67 Å². The second-order valence-corrected chi connectivity index (χ2v) is 7.43. The Kier molecular flexibility index (Phi) is 4.56. The first-order valence-corrected chi connectivity index (χ1v) is 9.31. The van der Waals surface area contributed by atoms with Crippen molar-refractivity contribution in [3.05, 3.63) is 78.2 Å². The average Bonchev–Trinajstić information content (AvgIpc) is 2.95. The molecule has 0 saturated heterocycles. The molecule has 8 nitrogen and oxygen atoms in total. The van der Waals surface area contributed by atoms with E-state index in [2.05, 4.69) is 21.0 Å². The van der Waals surface area contributed by atoms with E-state index in [1.54, 1.807) is 34.9 Å². The largest absolute Gasteiger partial charge is 0.480 e. The van der Waals surface area contributed by atoms with E-state index in [9.17, 15) is 14.4 Å². The molecule has 4 aromatic rings. The molecule has 28 heavy (non-hydrogen) atoms. The summed E-state index contributed by atoms with van der Waals surface area (Å²) in [5, 5.41) is 13.7. The monoisotopic (exact) mass is 462 g/mol. The number of aliphatic carboxylic acids is 1. The Balaban J connectivity index is 2.05. The molecule has 2 heterocycles. The molecule has 0 aliphatic rings. The van der Waals surface area contributed by atoms with Gasteiger partial charge in [0.2, 0.25) is 5.78 Å². The van der Waals surface area contributed by atoms with Gasteiger partial charge in [0.25, 0.3) is 0 Å². The Morgan fingerprint density at radius 1 is 1.11 bits per heavy atom. The number of benzene rings is 2. The first-order chi connectivity index (χ1) is 13.4. The van der Waals surface area contributed by atoms with Crippen molar-refractivity contribution in [2.24, 2.45) is 0 Å². The molecule has 2 aromatic carbocycles. The molecule has 0 fully saturated rings. The lowest BCUT2D eigenvalue weighted by molar-refractivity contribution is -0.138. The van der Waals surface area contributed by atoms with Crippen molar-refractivity contribution in [2.45, 2.75) is 13.1 Å². The summed E-state index contributed by atoms with van der Waals surface area (Å²) in [6, 6.07) is 12.5. The molecule has 10 heteroatoms. The van der Waals surface area contributed by atoms with Crippen LogP contribution in [0.15, 0.2) is 56.5 Å². The normalized spacial score (nSPS) is 11.4. The van der Waals surface area contributed by atoms with Crippen molar-refractivity contribution in [3.63, 3.8) is 0 Å². The fourth-order valence-electron chi connectivity index (χ4n) is 3.09. The van der Waals surface area contributed by atoms with Crippen molar-refractivity contribution in [2.75, 3.05) is 0 Å². The van der Waals surface area contributed by atoms with Gasteiger partial charge in [0, 0.05) is 9.50 Å². The van der Waals surface area contributed by atoms with Gasteiger partial charge in [0.1, 0.15) is 6.54 Å². The maximum atomic E-state index is 12.7. The number of carboxylic acid groups (broad SMARTS) is 1. The summed E-state index contributed by atoms with van der Waals surface area (Å²) in [5.74, 6) is -1.11. The minimum absolute atomic E-state index is 0.158. The Labute approximate surface area is 170 Å². The summed E-state index contributed by atoms with van der Waals surface area (Å²) >= 11 is 9.70. The highest BCUT2D eigenvalue weighted by Gasteiger charge is 2.19. The predicted octanol–water partition coefficient (Wildman–Crippen LogP) is 2.36. The van der Waals surface area contributed by atoms with Crippen LogP contribution in [-0.2, 0) is 17.9 Å². The summed E-state index contributed by atoms with van der Waals surface area (Å²) in [6.45, 7) is -0.425. The molecule has 0 bridgehead atoms. The lowest BCUT2D eigenvalue weighted by Gasteiger charge is -2.09. The SMILES string of the molecule is O=C(O)Cn1nc2n(Cc3ccc(Br)cc3Cl)c3ccccc3n2c(=O)c1=O. The fraction of sp³-hybridized carbons (Fsp3) is 0.111. The zero-order valence-electron chi connectivity index (χ0n) is 14.2. The molecule has 142 valence electrons. The second kappa shape index (κ2) is 6.92. The number of nitrogens with zero attached hydrogens (tertiary/aromatic N) is 4. The summed E-state index contributed by atoms with van der Waals surface area (Å²) in [4.78, 5) is 36.0. The lowest BCUT2D eigenvalue weighted by atomic mass is 10.2. The molecule has 2 aromatic heterocycles. The predicted molar refractivity (Wildman–Crippen MR) is 107 cm³/mol. The summed E-state index contributed by atoms with van der Waals surface area (Å²) < 4.78 is 4.42. The zero-order valence-corrected chi connectivity index (χ0v) is 16.5. The van der Waals surface area contributed by atoms with Gasteiger partial charge in [-0.15, -0.1) is 5.10 Å². The molecule has 0 aliphatic heterocycles. The second-order valence-electron chi connectivity index (χ2n) is 6.11. The van der Waals surface area contributed by atoms with Gasteiger partial charge in [0.05, 0.1) is 17.6 Å². The minimum atomic E-state index is -1.27. The third-order valence-electron chi connectivity index (χ3n) is 4.31. The van der Waals surface area contributed by atoms with Crippen molar-refractivity contribution >= 4 is 50.3 Å². The van der Waals surface area contributed by atoms with Crippen LogP contribution in [0, 0.1) is 0 Å². The Morgan fingerprint density at radius 3 is 2.50 bits per heavy atom. The highest BCUT2D eigenvalue weighted by Crippen LogP contribution is 2.25. The molecule has 0 spiro atoms. The van der Waals surface area contributed by atoms with Crippen LogP contribution < -0.4 is 11.1 Å². The number of carbonyl (C=O) groups is 1. The minimum Gasteiger partial charge on any atom is -0.480 e. The number of imidazole rings is 1. The number of carboxylic acids is 1. The number of aromatic nitrogens is 4. The number of fused-ring (bicyclic) bond motifs is 3. The smallest absolute Gasteiger partial charge is 0.333 e. The van der Waals surface area contributed by atoms with Gasteiger partial charge in [-0.05, 0) is 29.8 Å². The van der Waals surface area contributed by atoms with Crippen LogP contribution in [0.5, 0.6) is 0 Å². The van der Waals surface area contributed by atoms with E-state index in [4.69, 9.17) is 16.7 Å². The van der Waals surface area contributed by atoms with Gasteiger partial charge in [-0.1, -0.05) is 45.7 Å². The fourth-order valence-corrected chi connectivity index (χ4v) is 3.82. The maximum Gasteiger partial charge on any atom is 0.333 e. The van der Waals surface area contributed by atoms with Crippen molar-refractivity contribution in [1.29, 1.82) is 0 Å². The maximum absolute atomic E-state index is 12.7. The van der Waals surface area contributed by atoms with Crippen molar-refractivity contribution in [1.82, 2.24) is 18.7 Å². The van der Waals surface area contributed by atoms with E-state index in [0.29, 0.717) is 20.7 Å². The van der Waals surface area contributed by atoms with Crippen LogP contribution in [-0.4, -0.2) is 29.8 Å². The Morgan fingerprint density at radius 2 is 1.82 bits per heavy atom. The van der Waals surface area contributed by atoms with Gasteiger partial charge in [-0.2, -0.15) is 0 Å². The molecule has 0 unspecified atom stereocenters. The highest BCUT2D eigenvalue weighted by atomic mass is 79.9. The van der Waals surface area contributed by atoms with Gasteiger partial charge >= 0.3 is 17.1 Å². The summed E-state index contributed by atoms with van der Waals surface area (Å²) in [7, 11) is 0. The first-order valence-electron chi connectivity index (χ1n) is 8.13. The molecular weight excluding hydrogens is 452 g/mol. The standard InChI is InChI=1S/C18H12BrClN4O4/c19-11-6-5-10(12(20)7-11)8-22-13-3-1-2-4-14(13)24-17(28)16(27)23(9-15(25)26)21-18(22)24/h1-7H,8-9H2,(H,25,26).